The Morgan fingerprint density at radius 2 is 2.00 bits per heavy atom. The van der Waals surface area contributed by atoms with E-state index in [1.54, 1.807) is 30.3 Å². The van der Waals surface area contributed by atoms with Gasteiger partial charge < -0.3 is 9.84 Å². The van der Waals surface area contributed by atoms with Gasteiger partial charge in [-0.2, -0.15) is 5.10 Å². The van der Waals surface area contributed by atoms with E-state index in [9.17, 15) is 9.90 Å². The molecule has 0 saturated heterocycles. The van der Waals surface area contributed by atoms with Crippen molar-refractivity contribution < 1.29 is 14.6 Å². The number of hydrogen-bond acceptors (Lipinski definition) is 4. The highest BCUT2D eigenvalue weighted by Gasteiger charge is 2.03. The SMILES string of the molecule is COc1cc(O)ccc1C=NNC(=O)c1ccccc1. The summed E-state index contributed by atoms with van der Waals surface area (Å²) >= 11 is 0. The number of methoxy groups -OCH3 is 1. The normalized spacial score (nSPS) is 10.4. The van der Waals surface area contributed by atoms with Gasteiger partial charge in [-0.3, -0.25) is 4.79 Å². The third kappa shape index (κ3) is 3.35. The minimum Gasteiger partial charge on any atom is -0.508 e. The summed E-state index contributed by atoms with van der Waals surface area (Å²) in [6, 6.07) is 13.4. The van der Waals surface area contributed by atoms with Crippen molar-refractivity contribution in [3.63, 3.8) is 0 Å². The molecule has 0 saturated carbocycles. The first-order chi connectivity index (χ1) is 9.70. The molecular weight excluding hydrogens is 256 g/mol. The molecule has 0 bridgehead atoms. The highest BCUT2D eigenvalue weighted by atomic mass is 16.5. The predicted molar refractivity (Wildman–Crippen MR) is 76.2 cm³/mol. The van der Waals surface area contributed by atoms with Crippen LogP contribution >= 0.6 is 0 Å². The van der Waals surface area contributed by atoms with E-state index in [-0.39, 0.29) is 11.7 Å². The maximum absolute atomic E-state index is 11.7. The number of hydrazone groups is 1. The molecule has 2 N–H and O–H groups in total. The zero-order valence-electron chi connectivity index (χ0n) is 10.9. The Balaban J connectivity index is 2.05. The highest BCUT2D eigenvalue weighted by molar-refractivity contribution is 5.95. The zero-order valence-corrected chi connectivity index (χ0v) is 10.9. The molecule has 5 heteroatoms. The van der Waals surface area contributed by atoms with Crippen LogP contribution in [0.3, 0.4) is 0 Å². The fourth-order valence-corrected chi connectivity index (χ4v) is 1.62. The van der Waals surface area contributed by atoms with Crippen LogP contribution in [0.1, 0.15) is 15.9 Å². The molecule has 0 heterocycles. The van der Waals surface area contributed by atoms with Crippen LogP contribution in [0.2, 0.25) is 0 Å². The van der Waals surface area contributed by atoms with Crippen LogP contribution in [0.25, 0.3) is 0 Å². The molecule has 0 fully saturated rings. The van der Waals surface area contributed by atoms with Crippen molar-refractivity contribution in [3.05, 3.63) is 59.7 Å². The Bertz CT molecular complexity index is 624. The fourth-order valence-electron chi connectivity index (χ4n) is 1.62. The Morgan fingerprint density at radius 1 is 1.25 bits per heavy atom. The van der Waals surface area contributed by atoms with E-state index in [2.05, 4.69) is 10.5 Å². The topological polar surface area (TPSA) is 70.9 Å². The molecule has 0 radical (unpaired) electrons. The molecule has 2 rings (SSSR count). The lowest BCUT2D eigenvalue weighted by molar-refractivity contribution is 0.0955. The van der Waals surface area contributed by atoms with Crippen LogP contribution in [0.15, 0.2) is 53.6 Å². The number of ether oxygens (including phenoxy) is 1. The number of rotatable bonds is 4. The quantitative estimate of drug-likeness (QED) is 0.660. The second-order valence-corrected chi connectivity index (χ2v) is 3.99. The third-order valence-corrected chi connectivity index (χ3v) is 2.62. The molecule has 102 valence electrons. The Hall–Kier alpha value is -2.82. The van der Waals surface area contributed by atoms with Crippen molar-refractivity contribution in [1.82, 2.24) is 5.43 Å². The molecule has 2 aromatic rings. The van der Waals surface area contributed by atoms with E-state index in [0.29, 0.717) is 16.9 Å². The van der Waals surface area contributed by atoms with Gasteiger partial charge in [0.05, 0.1) is 13.3 Å². The van der Waals surface area contributed by atoms with E-state index in [1.165, 1.54) is 25.5 Å². The molecular formula is C15H14N2O3. The number of carbonyl (C=O) groups is 1. The number of nitrogens with one attached hydrogen (secondary N) is 1. The first-order valence-corrected chi connectivity index (χ1v) is 5.96. The number of amides is 1. The first-order valence-electron chi connectivity index (χ1n) is 5.96. The lowest BCUT2D eigenvalue weighted by Gasteiger charge is -2.04. The van der Waals surface area contributed by atoms with Crippen LogP contribution in [0, 0.1) is 0 Å². The molecule has 0 aromatic heterocycles. The van der Waals surface area contributed by atoms with E-state index < -0.39 is 0 Å². The summed E-state index contributed by atoms with van der Waals surface area (Å²) in [5.74, 6) is 0.287. The summed E-state index contributed by atoms with van der Waals surface area (Å²) in [7, 11) is 1.49. The van der Waals surface area contributed by atoms with Gasteiger partial charge in [-0.25, -0.2) is 5.43 Å². The maximum atomic E-state index is 11.7. The second kappa shape index (κ2) is 6.38. The summed E-state index contributed by atoms with van der Waals surface area (Å²) in [6.07, 6.45) is 1.46. The van der Waals surface area contributed by atoms with Gasteiger partial charge in [-0.15, -0.1) is 0 Å². The molecule has 0 atom stereocenters. The number of aromatic hydroxyl groups is 1. The molecule has 1 amide bonds. The number of nitrogens with zero attached hydrogens (tertiary/aromatic N) is 1. The minimum atomic E-state index is -0.292. The number of phenols is 1. The summed E-state index contributed by atoms with van der Waals surface area (Å²) < 4.78 is 5.10. The molecule has 0 spiro atoms. The van der Waals surface area contributed by atoms with Crippen LogP contribution < -0.4 is 10.2 Å². The summed E-state index contributed by atoms with van der Waals surface area (Å²) in [5.41, 5.74) is 3.61. The molecule has 0 aliphatic heterocycles. The lowest BCUT2D eigenvalue weighted by Crippen LogP contribution is -2.17. The first kappa shape index (κ1) is 13.6. The van der Waals surface area contributed by atoms with Gasteiger partial charge in [0.2, 0.25) is 0 Å². The second-order valence-electron chi connectivity index (χ2n) is 3.99. The summed E-state index contributed by atoms with van der Waals surface area (Å²) in [5, 5.41) is 13.2. The number of carbonyl (C=O) groups excluding carboxylic acids is 1. The minimum absolute atomic E-state index is 0.104. The van der Waals surface area contributed by atoms with E-state index >= 15 is 0 Å². The van der Waals surface area contributed by atoms with Crippen molar-refractivity contribution >= 4 is 12.1 Å². The van der Waals surface area contributed by atoms with E-state index in [1.807, 2.05) is 6.07 Å². The third-order valence-electron chi connectivity index (χ3n) is 2.62. The van der Waals surface area contributed by atoms with Crippen LogP contribution in [0.4, 0.5) is 0 Å². The van der Waals surface area contributed by atoms with Crippen LogP contribution in [-0.2, 0) is 0 Å². The van der Waals surface area contributed by atoms with Crippen molar-refractivity contribution in [1.29, 1.82) is 0 Å². The molecule has 0 unspecified atom stereocenters. The highest BCUT2D eigenvalue weighted by Crippen LogP contribution is 2.21. The van der Waals surface area contributed by atoms with Gasteiger partial charge >= 0.3 is 0 Å². The van der Waals surface area contributed by atoms with Gasteiger partial charge in [0, 0.05) is 17.2 Å². The standard InChI is InChI=1S/C15H14N2O3/c1-20-14-9-13(18)8-7-12(14)10-16-17-15(19)11-5-3-2-4-6-11/h2-10,18H,1H3,(H,17,19). The molecule has 5 nitrogen and oxygen atoms in total. The zero-order chi connectivity index (χ0) is 14.4. The van der Waals surface area contributed by atoms with E-state index in [4.69, 9.17) is 4.74 Å². The largest absolute Gasteiger partial charge is 0.508 e. The summed E-state index contributed by atoms with van der Waals surface area (Å²) in [6.45, 7) is 0. The molecule has 2 aromatic carbocycles. The van der Waals surface area contributed by atoms with Gasteiger partial charge in [0.15, 0.2) is 0 Å². The van der Waals surface area contributed by atoms with Gasteiger partial charge in [-0.1, -0.05) is 18.2 Å². The Morgan fingerprint density at radius 3 is 2.70 bits per heavy atom. The van der Waals surface area contributed by atoms with Gasteiger partial charge in [0.25, 0.3) is 5.91 Å². The Labute approximate surface area is 116 Å². The van der Waals surface area contributed by atoms with Gasteiger partial charge in [0.1, 0.15) is 11.5 Å². The maximum Gasteiger partial charge on any atom is 0.271 e. The molecule has 20 heavy (non-hydrogen) atoms. The smallest absolute Gasteiger partial charge is 0.271 e. The van der Waals surface area contributed by atoms with Crippen LogP contribution in [-0.4, -0.2) is 24.3 Å². The number of phenolic OH excluding ortho intramolecular Hbond substituents is 1. The Kier molecular flexibility index (Phi) is 4.34. The van der Waals surface area contributed by atoms with Crippen molar-refractivity contribution in [2.24, 2.45) is 5.10 Å². The van der Waals surface area contributed by atoms with Crippen molar-refractivity contribution in [3.8, 4) is 11.5 Å². The van der Waals surface area contributed by atoms with Gasteiger partial charge in [-0.05, 0) is 24.3 Å². The average Bonchev–Trinajstić information content (AvgIpc) is 2.49. The lowest BCUT2D eigenvalue weighted by atomic mass is 10.2. The fraction of sp³-hybridized carbons (Fsp3) is 0.0667. The predicted octanol–water partition coefficient (Wildman–Crippen LogP) is 2.16. The summed E-state index contributed by atoms with van der Waals surface area (Å²) in [4.78, 5) is 11.7. The molecule has 0 aliphatic rings. The number of hydrogen-bond donors (Lipinski definition) is 2. The van der Waals surface area contributed by atoms with Crippen LogP contribution in [0.5, 0.6) is 11.5 Å². The van der Waals surface area contributed by atoms with E-state index in [0.717, 1.165) is 0 Å². The molecule has 0 aliphatic carbocycles. The van der Waals surface area contributed by atoms with Crippen molar-refractivity contribution in [2.45, 2.75) is 0 Å². The van der Waals surface area contributed by atoms with Crippen molar-refractivity contribution in [2.75, 3.05) is 7.11 Å². The number of benzene rings is 2. The average molecular weight is 270 g/mol. The monoisotopic (exact) mass is 270 g/mol.